The standard InChI is InChI=1S/C36H43N3O6Si/c1-24-34(46(4,5)29-16-14-28(44-3)15-17-29)32(21-33(42)38-19-9-12-27(38)22-40)45-36(24)30-20-26(13-18-31(30)37(2)35(36)43)39(23-41)25-10-7-6-8-11-25/h6-8,10-11,13-18,20,23-24,27,32,34,40H,9,12,19,21-22H2,1-5H3/t24-,27-,32+,34-,36+/m0/s1. The fourth-order valence-electron chi connectivity index (χ4n) is 8.26. The van der Waals surface area contributed by atoms with Crippen molar-refractivity contribution >= 4 is 48.5 Å². The highest BCUT2D eigenvalue weighted by molar-refractivity contribution is 6.91. The molecule has 46 heavy (non-hydrogen) atoms. The monoisotopic (exact) mass is 641 g/mol. The van der Waals surface area contributed by atoms with E-state index in [0.717, 1.165) is 30.7 Å². The molecule has 3 amide bonds. The van der Waals surface area contributed by atoms with E-state index in [1.165, 1.54) is 5.19 Å². The van der Waals surface area contributed by atoms with Crippen molar-refractivity contribution in [3.63, 3.8) is 0 Å². The summed E-state index contributed by atoms with van der Waals surface area (Å²) in [6, 6.07) is 22.9. The third kappa shape index (κ3) is 5.03. The molecule has 3 aliphatic heterocycles. The minimum absolute atomic E-state index is 0.0562. The Morgan fingerprint density at radius 1 is 1.11 bits per heavy atom. The lowest BCUT2D eigenvalue weighted by Gasteiger charge is -2.37. The highest BCUT2D eigenvalue weighted by atomic mass is 28.3. The summed E-state index contributed by atoms with van der Waals surface area (Å²) in [6.45, 7) is 7.19. The van der Waals surface area contributed by atoms with Crippen molar-refractivity contribution < 1.29 is 29.0 Å². The van der Waals surface area contributed by atoms with Crippen LogP contribution < -0.4 is 19.7 Å². The lowest BCUT2D eigenvalue weighted by atomic mass is 9.82. The van der Waals surface area contributed by atoms with Gasteiger partial charge in [0, 0.05) is 36.4 Å². The molecule has 3 aromatic rings. The summed E-state index contributed by atoms with van der Waals surface area (Å²) in [5, 5.41) is 11.1. The smallest absolute Gasteiger partial charge is 0.264 e. The van der Waals surface area contributed by atoms with E-state index < -0.39 is 19.8 Å². The maximum Gasteiger partial charge on any atom is 0.264 e. The number of ether oxygens (including phenoxy) is 2. The zero-order valence-corrected chi connectivity index (χ0v) is 28.2. The summed E-state index contributed by atoms with van der Waals surface area (Å²) >= 11 is 0. The number of aliphatic hydroxyl groups excluding tert-OH is 1. The lowest BCUT2D eigenvalue weighted by Crippen LogP contribution is -2.52. The summed E-state index contributed by atoms with van der Waals surface area (Å²) in [5.41, 5.74) is 1.34. The number of likely N-dealkylation sites (tertiary alicyclic amines) is 1. The number of benzene rings is 3. The van der Waals surface area contributed by atoms with Gasteiger partial charge in [-0.05, 0) is 60.8 Å². The Morgan fingerprint density at radius 2 is 1.83 bits per heavy atom. The number of nitrogens with zero attached hydrogens (tertiary/aromatic N) is 3. The van der Waals surface area contributed by atoms with Crippen LogP contribution in [0.1, 0.15) is 31.7 Å². The predicted octanol–water partition coefficient (Wildman–Crippen LogP) is 4.56. The van der Waals surface area contributed by atoms with Gasteiger partial charge < -0.3 is 24.4 Å². The number of rotatable bonds is 9. The summed E-state index contributed by atoms with van der Waals surface area (Å²) in [6.07, 6.45) is 2.00. The van der Waals surface area contributed by atoms with E-state index in [9.17, 15) is 19.5 Å². The second kappa shape index (κ2) is 12.3. The molecule has 9 nitrogen and oxygen atoms in total. The third-order valence-corrected chi connectivity index (χ3v) is 15.0. The van der Waals surface area contributed by atoms with Crippen molar-refractivity contribution in [2.75, 3.05) is 37.1 Å². The van der Waals surface area contributed by atoms with Crippen LogP contribution in [0.3, 0.4) is 0 Å². The summed E-state index contributed by atoms with van der Waals surface area (Å²) < 4.78 is 12.5. The number of hydrogen-bond donors (Lipinski definition) is 1. The topological polar surface area (TPSA) is 99.6 Å². The first kappa shape index (κ1) is 32.0. The summed E-state index contributed by atoms with van der Waals surface area (Å²) in [7, 11) is 0.965. The average molecular weight is 642 g/mol. The molecule has 3 aromatic carbocycles. The first-order valence-corrected chi connectivity index (χ1v) is 19.1. The molecular weight excluding hydrogens is 598 g/mol. The van der Waals surface area contributed by atoms with Gasteiger partial charge >= 0.3 is 0 Å². The normalized spacial score (nSPS) is 25.7. The maximum absolute atomic E-state index is 14.5. The minimum atomic E-state index is -2.44. The van der Waals surface area contributed by atoms with Crippen LogP contribution in [0.5, 0.6) is 5.75 Å². The molecule has 0 radical (unpaired) electrons. The van der Waals surface area contributed by atoms with Gasteiger partial charge in [-0.3, -0.25) is 19.3 Å². The first-order chi connectivity index (χ1) is 22.1. The van der Waals surface area contributed by atoms with Gasteiger partial charge in [0.1, 0.15) is 5.75 Å². The molecule has 10 heteroatoms. The molecule has 0 aliphatic carbocycles. The van der Waals surface area contributed by atoms with Gasteiger partial charge in [-0.25, -0.2) is 0 Å². The van der Waals surface area contributed by atoms with E-state index in [4.69, 9.17) is 9.47 Å². The van der Waals surface area contributed by atoms with E-state index >= 15 is 0 Å². The molecule has 5 atom stereocenters. The number of likely N-dealkylation sites (N-methyl/N-ethyl adjacent to an activating group) is 1. The molecule has 6 rings (SSSR count). The number of para-hydroxylation sites is 1. The van der Waals surface area contributed by atoms with E-state index in [2.05, 4.69) is 32.2 Å². The van der Waals surface area contributed by atoms with Crippen LogP contribution in [0.15, 0.2) is 72.8 Å². The minimum Gasteiger partial charge on any atom is -0.497 e. The zero-order chi connectivity index (χ0) is 32.8. The molecule has 1 spiro atoms. The number of carbonyl (C=O) groups excluding carboxylic acids is 3. The van der Waals surface area contributed by atoms with Crippen LogP contribution in [-0.4, -0.2) is 75.8 Å². The Labute approximate surface area is 271 Å². The van der Waals surface area contributed by atoms with Crippen LogP contribution in [0.2, 0.25) is 18.6 Å². The van der Waals surface area contributed by atoms with Gasteiger partial charge in [0.15, 0.2) is 5.60 Å². The number of anilines is 3. The van der Waals surface area contributed by atoms with Crippen molar-refractivity contribution in [2.45, 2.75) is 62.6 Å². The largest absolute Gasteiger partial charge is 0.497 e. The highest BCUT2D eigenvalue weighted by Gasteiger charge is 2.66. The Kier molecular flexibility index (Phi) is 8.56. The van der Waals surface area contributed by atoms with E-state index in [1.54, 1.807) is 28.9 Å². The van der Waals surface area contributed by atoms with Crippen LogP contribution in [-0.2, 0) is 24.7 Å². The Hall–Kier alpha value is -3.99. The van der Waals surface area contributed by atoms with E-state index in [-0.39, 0.29) is 42.3 Å². The number of aliphatic hydroxyl groups is 1. The summed E-state index contributed by atoms with van der Waals surface area (Å²) in [4.78, 5) is 45.8. The van der Waals surface area contributed by atoms with Crippen LogP contribution >= 0.6 is 0 Å². The molecule has 1 N–H and O–H groups in total. The molecule has 242 valence electrons. The van der Waals surface area contributed by atoms with Gasteiger partial charge in [0.05, 0.1) is 46.0 Å². The Balaban J connectivity index is 1.46. The number of carbonyl (C=O) groups is 3. The number of amides is 3. The zero-order valence-electron chi connectivity index (χ0n) is 27.2. The van der Waals surface area contributed by atoms with Gasteiger partial charge in [-0.1, -0.05) is 55.5 Å². The second-order valence-electron chi connectivity index (χ2n) is 13.3. The highest BCUT2D eigenvalue weighted by Crippen LogP contribution is 2.60. The maximum atomic E-state index is 14.5. The van der Waals surface area contributed by atoms with Crippen molar-refractivity contribution in [2.24, 2.45) is 5.92 Å². The van der Waals surface area contributed by atoms with Crippen molar-refractivity contribution in [3.05, 3.63) is 78.4 Å². The molecule has 3 heterocycles. The molecule has 2 fully saturated rings. The van der Waals surface area contributed by atoms with Gasteiger partial charge in [-0.15, -0.1) is 0 Å². The summed E-state index contributed by atoms with van der Waals surface area (Å²) in [5.74, 6) is 0.260. The molecule has 0 bridgehead atoms. The number of fused-ring (bicyclic) bond motifs is 2. The third-order valence-electron chi connectivity index (χ3n) is 10.7. The van der Waals surface area contributed by atoms with Gasteiger partial charge in [-0.2, -0.15) is 0 Å². The first-order valence-electron chi connectivity index (χ1n) is 16.0. The fourth-order valence-corrected chi connectivity index (χ4v) is 12.3. The number of hydrogen-bond acceptors (Lipinski definition) is 6. The average Bonchev–Trinajstić information content (AvgIpc) is 3.73. The van der Waals surface area contributed by atoms with Crippen molar-refractivity contribution in [3.8, 4) is 5.75 Å². The molecular formula is C36H43N3O6Si. The quantitative estimate of drug-likeness (QED) is 0.272. The van der Waals surface area contributed by atoms with Crippen molar-refractivity contribution in [1.29, 1.82) is 0 Å². The van der Waals surface area contributed by atoms with Crippen LogP contribution in [0.25, 0.3) is 0 Å². The molecule has 2 saturated heterocycles. The molecule has 0 saturated carbocycles. The molecule has 0 aromatic heterocycles. The molecule has 3 aliphatic rings. The van der Waals surface area contributed by atoms with E-state index in [0.29, 0.717) is 23.5 Å². The lowest BCUT2D eigenvalue weighted by molar-refractivity contribution is -0.149. The van der Waals surface area contributed by atoms with Crippen LogP contribution in [0.4, 0.5) is 17.1 Å². The molecule has 0 unspecified atom stereocenters. The SMILES string of the molecule is COc1ccc([Si](C)(C)[C@@H]2[C@@H](CC(=O)N3CCC[C@H]3CO)O[C@]3(C(=O)N(C)c4ccc(N(C=O)c5ccccc5)cc43)[C@H]2C)cc1. The fraction of sp³-hybridized carbons (Fsp3) is 0.417. The second-order valence-corrected chi connectivity index (χ2v) is 18.0. The van der Waals surface area contributed by atoms with Crippen LogP contribution in [0, 0.1) is 5.92 Å². The number of methoxy groups -OCH3 is 1. The van der Waals surface area contributed by atoms with Gasteiger partial charge in [0.25, 0.3) is 5.91 Å². The van der Waals surface area contributed by atoms with Crippen molar-refractivity contribution in [1.82, 2.24) is 4.90 Å². The Morgan fingerprint density at radius 3 is 2.48 bits per heavy atom. The van der Waals surface area contributed by atoms with E-state index in [1.807, 2.05) is 60.7 Å². The predicted molar refractivity (Wildman–Crippen MR) is 181 cm³/mol. The van der Waals surface area contributed by atoms with Gasteiger partial charge in [0.2, 0.25) is 12.3 Å². The Bertz CT molecular complexity index is 1620.